The minimum absolute atomic E-state index is 0.0690. The molecule has 114 valence electrons. The van der Waals surface area contributed by atoms with Gasteiger partial charge in [0.2, 0.25) is 0 Å². The van der Waals surface area contributed by atoms with Crippen molar-refractivity contribution in [3.8, 4) is 0 Å². The molecule has 21 heavy (non-hydrogen) atoms. The van der Waals surface area contributed by atoms with E-state index in [0.29, 0.717) is 5.69 Å². The maximum absolute atomic E-state index is 11.4. The van der Waals surface area contributed by atoms with Crippen LogP contribution in [0.5, 0.6) is 0 Å². The Morgan fingerprint density at radius 1 is 1.43 bits per heavy atom. The molecule has 0 spiro atoms. The molecule has 0 bridgehead atoms. The fraction of sp³-hybridized carbons (Fsp3) is 0.533. The Labute approximate surface area is 123 Å². The predicted molar refractivity (Wildman–Crippen MR) is 79.9 cm³/mol. The van der Waals surface area contributed by atoms with Crippen LogP contribution in [0.25, 0.3) is 0 Å². The number of carboxylic acids is 1. The van der Waals surface area contributed by atoms with Gasteiger partial charge < -0.3 is 10.0 Å². The molecule has 1 aliphatic rings. The summed E-state index contributed by atoms with van der Waals surface area (Å²) < 4.78 is 0. The third kappa shape index (κ3) is 2.84. The van der Waals surface area contributed by atoms with E-state index in [1.165, 1.54) is 18.2 Å². The maximum atomic E-state index is 11.4. The molecule has 2 rings (SSSR count). The highest BCUT2D eigenvalue weighted by Gasteiger charge is 2.36. The van der Waals surface area contributed by atoms with Gasteiger partial charge in [0.1, 0.15) is 0 Å². The average molecular weight is 292 g/mol. The van der Waals surface area contributed by atoms with Crippen LogP contribution in [0.15, 0.2) is 18.2 Å². The number of benzene rings is 1. The van der Waals surface area contributed by atoms with E-state index >= 15 is 0 Å². The fourth-order valence-electron chi connectivity index (χ4n) is 3.04. The van der Waals surface area contributed by atoms with Crippen molar-refractivity contribution in [1.82, 2.24) is 0 Å². The van der Waals surface area contributed by atoms with Gasteiger partial charge in [0.05, 0.1) is 16.2 Å². The van der Waals surface area contributed by atoms with Crippen LogP contribution in [0.4, 0.5) is 11.4 Å². The Hall–Kier alpha value is -2.11. The summed E-state index contributed by atoms with van der Waals surface area (Å²) in [5.74, 6) is -1.05. The van der Waals surface area contributed by atoms with E-state index < -0.39 is 10.9 Å². The number of carbonyl (C=O) groups is 1. The minimum Gasteiger partial charge on any atom is -0.478 e. The molecule has 1 aliphatic heterocycles. The van der Waals surface area contributed by atoms with Gasteiger partial charge in [0.25, 0.3) is 5.69 Å². The van der Waals surface area contributed by atoms with Gasteiger partial charge in [-0.1, -0.05) is 13.8 Å². The van der Waals surface area contributed by atoms with Crippen molar-refractivity contribution >= 4 is 17.3 Å². The van der Waals surface area contributed by atoms with Crippen molar-refractivity contribution in [2.75, 3.05) is 18.0 Å². The second kappa shape index (κ2) is 5.71. The standard InChI is InChI=1S/C15H20N2O4/c1-3-15(4-2)7-8-16(10-15)13-9-11(17(20)21)5-6-12(13)14(18)19/h5-6,9H,3-4,7-8,10H2,1-2H3,(H,18,19). The van der Waals surface area contributed by atoms with Gasteiger partial charge >= 0.3 is 5.97 Å². The Bertz CT molecular complexity index is 567. The van der Waals surface area contributed by atoms with Crippen LogP contribution >= 0.6 is 0 Å². The largest absolute Gasteiger partial charge is 0.478 e. The summed E-state index contributed by atoms with van der Waals surface area (Å²) in [6.45, 7) is 5.77. The number of nitrogens with zero attached hydrogens (tertiary/aromatic N) is 2. The molecule has 0 saturated carbocycles. The van der Waals surface area contributed by atoms with E-state index in [1.807, 2.05) is 4.90 Å². The zero-order valence-electron chi connectivity index (χ0n) is 12.3. The highest BCUT2D eigenvalue weighted by Crippen LogP contribution is 2.40. The number of carboxylic acid groups (broad SMARTS) is 1. The van der Waals surface area contributed by atoms with Gasteiger partial charge in [0, 0.05) is 25.2 Å². The number of anilines is 1. The molecule has 6 heteroatoms. The molecule has 0 aliphatic carbocycles. The summed E-state index contributed by atoms with van der Waals surface area (Å²) in [6, 6.07) is 3.95. The topological polar surface area (TPSA) is 83.7 Å². The molecule has 0 unspecified atom stereocenters. The second-order valence-corrected chi connectivity index (χ2v) is 5.64. The Balaban J connectivity index is 2.40. The fourth-order valence-corrected chi connectivity index (χ4v) is 3.04. The third-order valence-corrected chi connectivity index (χ3v) is 4.70. The molecular formula is C15H20N2O4. The molecule has 0 amide bonds. The first-order valence-corrected chi connectivity index (χ1v) is 7.19. The first-order valence-electron chi connectivity index (χ1n) is 7.19. The molecular weight excluding hydrogens is 272 g/mol. The molecule has 0 atom stereocenters. The van der Waals surface area contributed by atoms with Crippen molar-refractivity contribution in [3.05, 3.63) is 33.9 Å². The van der Waals surface area contributed by atoms with Crippen LogP contribution in [0.1, 0.15) is 43.5 Å². The van der Waals surface area contributed by atoms with Crippen molar-refractivity contribution in [3.63, 3.8) is 0 Å². The third-order valence-electron chi connectivity index (χ3n) is 4.70. The molecule has 6 nitrogen and oxygen atoms in total. The van der Waals surface area contributed by atoms with Gasteiger partial charge in [-0.15, -0.1) is 0 Å². The van der Waals surface area contributed by atoms with E-state index in [0.717, 1.165) is 32.4 Å². The van der Waals surface area contributed by atoms with Crippen LogP contribution in [0.3, 0.4) is 0 Å². The Morgan fingerprint density at radius 3 is 2.57 bits per heavy atom. The summed E-state index contributed by atoms with van der Waals surface area (Å²) in [6.07, 6.45) is 3.04. The van der Waals surface area contributed by atoms with Gasteiger partial charge in [0.15, 0.2) is 0 Å². The van der Waals surface area contributed by atoms with Gasteiger partial charge in [-0.2, -0.15) is 0 Å². The molecule has 1 aromatic rings. The number of hydrogen-bond donors (Lipinski definition) is 1. The highest BCUT2D eigenvalue weighted by molar-refractivity contribution is 5.95. The molecule has 1 saturated heterocycles. The zero-order chi connectivity index (χ0) is 15.6. The van der Waals surface area contributed by atoms with E-state index in [2.05, 4.69) is 13.8 Å². The van der Waals surface area contributed by atoms with Crippen LogP contribution in [-0.4, -0.2) is 29.1 Å². The van der Waals surface area contributed by atoms with Crippen molar-refractivity contribution in [2.24, 2.45) is 5.41 Å². The van der Waals surface area contributed by atoms with E-state index in [4.69, 9.17) is 0 Å². The maximum Gasteiger partial charge on any atom is 0.337 e. The molecule has 0 radical (unpaired) electrons. The Morgan fingerprint density at radius 2 is 2.10 bits per heavy atom. The normalized spacial score (nSPS) is 17.0. The molecule has 1 N–H and O–H groups in total. The smallest absolute Gasteiger partial charge is 0.337 e. The van der Waals surface area contributed by atoms with Crippen molar-refractivity contribution < 1.29 is 14.8 Å². The van der Waals surface area contributed by atoms with Crippen molar-refractivity contribution in [2.45, 2.75) is 33.1 Å². The summed E-state index contributed by atoms with van der Waals surface area (Å²) in [5, 5.41) is 20.2. The minimum atomic E-state index is -1.05. The van der Waals surface area contributed by atoms with Gasteiger partial charge in [-0.3, -0.25) is 10.1 Å². The van der Waals surface area contributed by atoms with Gasteiger partial charge in [-0.25, -0.2) is 4.79 Å². The number of nitro groups is 1. The quantitative estimate of drug-likeness (QED) is 0.665. The molecule has 1 aromatic carbocycles. The lowest BCUT2D eigenvalue weighted by molar-refractivity contribution is -0.384. The average Bonchev–Trinajstić information content (AvgIpc) is 2.91. The number of non-ortho nitro benzene ring substituents is 1. The number of rotatable bonds is 5. The van der Waals surface area contributed by atoms with Crippen LogP contribution in [-0.2, 0) is 0 Å². The lowest BCUT2D eigenvalue weighted by Gasteiger charge is -2.27. The van der Waals surface area contributed by atoms with E-state index in [1.54, 1.807) is 0 Å². The van der Waals surface area contributed by atoms with Crippen LogP contribution in [0, 0.1) is 15.5 Å². The van der Waals surface area contributed by atoms with Crippen LogP contribution < -0.4 is 4.90 Å². The monoisotopic (exact) mass is 292 g/mol. The second-order valence-electron chi connectivity index (χ2n) is 5.64. The van der Waals surface area contributed by atoms with E-state index in [-0.39, 0.29) is 16.7 Å². The summed E-state index contributed by atoms with van der Waals surface area (Å²) >= 11 is 0. The Kier molecular flexibility index (Phi) is 4.16. The number of aromatic carboxylic acids is 1. The lowest BCUT2D eigenvalue weighted by atomic mass is 9.82. The van der Waals surface area contributed by atoms with E-state index in [9.17, 15) is 20.0 Å². The zero-order valence-corrected chi connectivity index (χ0v) is 12.3. The number of nitro benzene ring substituents is 1. The first-order chi connectivity index (χ1) is 9.92. The SMILES string of the molecule is CCC1(CC)CCN(c2cc([N+](=O)[O-])ccc2C(=O)O)C1. The summed E-state index contributed by atoms with van der Waals surface area (Å²) in [5.41, 5.74) is 0.699. The lowest BCUT2D eigenvalue weighted by Crippen LogP contribution is -2.27. The van der Waals surface area contributed by atoms with Crippen molar-refractivity contribution in [1.29, 1.82) is 0 Å². The predicted octanol–water partition coefficient (Wildman–Crippen LogP) is 3.31. The summed E-state index contributed by atoms with van der Waals surface area (Å²) in [4.78, 5) is 23.8. The number of hydrogen-bond acceptors (Lipinski definition) is 4. The molecule has 1 fully saturated rings. The van der Waals surface area contributed by atoms with Crippen LogP contribution in [0.2, 0.25) is 0 Å². The first kappa shape index (κ1) is 15.3. The summed E-state index contributed by atoms with van der Waals surface area (Å²) in [7, 11) is 0. The molecule has 1 heterocycles. The molecule has 0 aromatic heterocycles. The highest BCUT2D eigenvalue weighted by atomic mass is 16.6. The van der Waals surface area contributed by atoms with Gasteiger partial charge in [-0.05, 0) is 30.7 Å².